The SMILES string of the molecule is Cn1cc([N+](=O)[O-])cc1C(=O)NCC1CCCC1C(=O)O. The number of hydrogen-bond acceptors (Lipinski definition) is 4. The molecule has 1 fully saturated rings. The van der Waals surface area contributed by atoms with Crippen LogP contribution in [0, 0.1) is 22.0 Å². The van der Waals surface area contributed by atoms with E-state index in [1.165, 1.54) is 16.8 Å². The van der Waals surface area contributed by atoms with Crippen molar-refractivity contribution in [3.05, 3.63) is 28.1 Å². The van der Waals surface area contributed by atoms with Crippen LogP contribution in [0.3, 0.4) is 0 Å². The molecule has 1 saturated carbocycles. The molecule has 2 rings (SSSR count). The molecular weight excluding hydrogens is 278 g/mol. The third kappa shape index (κ3) is 3.21. The van der Waals surface area contributed by atoms with Crippen molar-refractivity contribution in [2.75, 3.05) is 6.54 Å². The number of carbonyl (C=O) groups is 2. The van der Waals surface area contributed by atoms with E-state index < -0.39 is 22.7 Å². The Hall–Kier alpha value is -2.38. The zero-order valence-corrected chi connectivity index (χ0v) is 11.6. The topological polar surface area (TPSA) is 114 Å². The summed E-state index contributed by atoms with van der Waals surface area (Å²) in [4.78, 5) is 33.2. The van der Waals surface area contributed by atoms with Crippen LogP contribution >= 0.6 is 0 Å². The number of carboxylic acids is 1. The first-order valence-electron chi connectivity index (χ1n) is 6.72. The summed E-state index contributed by atoms with van der Waals surface area (Å²) in [6, 6.07) is 1.21. The number of carbonyl (C=O) groups excluding carboxylic acids is 1. The molecule has 0 spiro atoms. The predicted octanol–water partition coefficient (Wildman–Crippen LogP) is 1.16. The smallest absolute Gasteiger partial charge is 0.306 e. The van der Waals surface area contributed by atoms with Crippen LogP contribution in [0.5, 0.6) is 0 Å². The number of amides is 1. The summed E-state index contributed by atoms with van der Waals surface area (Å²) >= 11 is 0. The zero-order valence-electron chi connectivity index (χ0n) is 11.6. The van der Waals surface area contributed by atoms with E-state index in [1.54, 1.807) is 7.05 Å². The van der Waals surface area contributed by atoms with Crippen LogP contribution in [-0.4, -0.2) is 33.0 Å². The average Bonchev–Trinajstić information content (AvgIpc) is 3.02. The average molecular weight is 295 g/mol. The fraction of sp³-hybridized carbons (Fsp3) is 0.538. The third-order valence-electron chi connectivity index (χ3n) is 3.94. The number of nitrogens with zero attached hydrogens (tertiary/aromatic N) is 2. The Labute approximate surface area is 120 Å². The Morgan fingerprint density at radius 2 is 2.24 bits per heavy atom. The van der Waals surface area contributed by atoms with Gasteiger partial charge in [0.05, 0.1) is 17.0 Å². The molecule has 8 nitrogen and oxygen atoms in total. The monoisotopic (exact) mass is 295 g/mol. The number of aryl methyl sites for hydroxylation is 1. The molecule has 0 aromatic carbocycles. The minimum Gasteiger partial charge on any atom is -0.481 e. The van der Waals surface area contributed by atoms with Crippen LogP contribution in [0.25, 0.3) is 0 Å². The van der Waals surface area contributed by atoms with Gasteiger partial charge in [0.1, 0.15) is 5.69 Å². The van der Waals surface area contributed by atoms with Crippen molar-refractivity contribution in [3.8, 4) is 0 Å². The van der Waals surface area contributed by atoms with Crippen LogP contribution in [0.1, 0.15) is 29.8 Å². The second-order valence-electron chi connectivity index (χ2n) is 5.30. The number of aromatic nitrogens is 1. The first-order valence-corrected chi connectivity index (χ1v) is 6.72. The van der Waals surface area contributed by atoms with Crippen molar-refractivity contribution in [2.24, 2.45) is 18.9 Å². The lowest BCUT2D eigenvalue weighted by atomic mass is 9.96. The molecule has 0 aliphatic heterocycles. The Kier molecular flexibility index (Phi) is 4.25. The van der Waals surface area contributed by atoms with Gasteiger partial charge in [-0.3, -0.25) is 19.7 Å². The standard InChI is InChI=1S/C13H17N3O5/c1-15-7-9(16(20)21)5-11(15)12(17)14-6-8-3-2-4-10(8)13(18)19/h5,7-8,10H,2-4,6H2,1H3,(H,14,17)(H,18,19). The molecule has 2 N–H and O–H groups in total. The van der Waals surface area contributed by atoms with Crippen LogP contribution in [-0.2, 0) is 11.8 Å². The highest BCUT2D eigenvalue weighted by Gasteiger charge is 2.33. The van der Waals surface area contributed by atoms with Crippen LogP contribution in [0.15, 0.2) is 12.3 Å². The van der Waals surface area contributed by atoms with E-state index in [0.717, 1.165) is 12.8 Å². The highest BCUT2D eigenvalue weighted by Crippen LogP contribution is 2.31. The van der Waals surface area contributed by atoms with Crippen LogP contribution < -0.4 is 5.32 Å². The molecule has 1 aromatic rings. The molecule has 1 aromatic heterocycles. The summed E-state index contributed by atoms with van der Waals surface area (Å²) in [6.07, 6.45) is 3.51. The molecule has 21 heavy (non-hydrogen) atoms. The normalized spacial score (nSPS) is 21.2. The molecule has 0 radical (unpaired) electrons. The van der Waals surface area contributed by atoms with Gasteiger partial charge in [0.25, 0.3) is 11.6 Å². The lowest BCUT2D eigenvalue weighted by Gasteiger charge is -2.16. The molecule has 2 unspecified atom stereocenters. The maximum atomic E-state index is 12.0. The van der Waals surface area contributed by atoms with Crippen LogP contribution in [0.4, 0.5) is 5.69 Å². The van der Waals surface area contributed by atoms with E-state index in [1.807, 2.05) is 0 Å². The first-order chi connectivity index (χ1) is 9.90. The van der Waals surface area contributed by atoms with E-state index in [9.17, 15) is 19.7 Å². The fourth-order valence-electron chi connectivity index (χ4n) is 2.79. The summed E-state index contributed by atoms with van der Waals surface area (Å²) < 4.78 is 1.39. The van der Waals surface area contributed by atoms with Gasteiger partial charge in [-0.2, -0.15) is 0 Å². The Morgan fingerprint density at radius 1 is 1.52 bits per heavy atom. The van der Waals surface area contributed by atoms with Gasteiger partial charge in [-0.15, -0.1) is 0 Å². The van der Waals surface area contributed by atoms with Crippen molar-refractivity contribution in [3.63, 3.8) is 0 Å². The number of nitrogens with one attached hydrogen (secondary N) is 1. The molecule has 114 valence electrons. The maximum Gasteiger partial charge on any atom is 0.306 e. The number of nitro groups is 1. The van der Waals surface area contributed by atoms with Gasteiger partial charge in [0.2, 0.25) is 0 Å². The summed E-state index contributed by atoms with van der Waals surface area (Å²) in [6.45, 7) is 0.273. The Bertz CT molecular complexity index is 580. The highest BCUT2D eigenvalue weighted by atomic mass is 16.6. The molecular formula is C13H17N3O5. The summed E-state index contributed by atoms with van der Waals surface area (Å²) in [7, 11) is 1.55. The second kappa shape index (κ2) is 5.94. The van der Waals surface area contributed by atoms with Gasteiger partial charge < -0.3 is 15.0 Å². The van der Waals surface area contributed by atoms with E-state index in [-0.39, 0.29) is 23.8 Å². The van der Waals surface area contributed by atoms with Crippen molar-refractivity contribution in [2.45, 2.75) is 19.3 Å². The molecule has 1 heterocycles. The summed E-state index contributed by atoms with van der Waals surface area (Å²) in [5.74, 6) is -1.77. The lowest BCUT2D eigenvalue weighted by molar-refractivity contribution is -0.384. The Balaban J connectivity index is 1.99. The van der Waals surface area contributed by atoms with E-state index >= 15 is 0 Å². The highest BCUT2D eigenvalue weighted by molar-refractivity contribution is 5.93. The van der Waals surface area contributed by atoms with Crippen LogP contribution in [0.2, 0.25) is 0 Å². The number of rotatable bonds is 5. The molecule has 1 amide bonds. The minimum atomic E-state index is -0.832. The summed E-state index contributed by atoms with van der Waals surface area (Å²) in [5, 5.41) is 22.4. The number of hydrogen-bond donors (Lipinski definition) is 2. The second-order valence-corrected chi connectivity index (χ2v) is 5.30. The van der Waals surface area contributed by atoms with Crippen molar-refractivity contribution in [1.82, 2.24) is 9.88 Å². The van der Waals surface area contributed by atoms with Gasteiger partial charge in [0, 0.05) is 19.7 Å². The number of aliphatic carboxylic acids is 1. The summed E-state index contributed by atoms with van der Waals surface area (Å²) in [5.41, 5.74) is 0.0403. The number of carboxylic acid groups (broad SMARTS) is 1. The molecule has 0 bridgehead atoms. The Morgan fingerprint density at radius 3 is 2.81 bits per heavy atom. The van der Waals surface area contributed by atoms with Crippen molar-refractivity contribution < 1.29 is 19.6 Å². The molecule has 2 atom stereocenters. The van der Waals surface area contributed by atoms with Gasteiger partial charge in [0.15, 0.2) is 0 Å². The molecule has 0 saturated heterocycles. The van der Waals surface area contributed by atoms with Crippen molar-refractivity contribution >= 4 is 17.6 Å². The van der Waals surface area contributed by atoms with Gasteiger partial charge in [-0.1, -0.05) is 6.42 Å². The van der Waals surface area contributed by atoms with Crippen molar-refractivity contribution in [1.29, 1.82) is 0 Å². The van der Waals surface area contributed by atoms with E-state index in [0.29, 0.717) is 6.42 Å². The van der Waals surface area contributed by atoms with Gasteiger partial charge in [-0.05, 0) is 18.8 Å². The largest absolute Gasteiger partial charge is 0.481 e. The van der Waals surface area contributed by atoms with E-state index in [2.05, 4.69) is 5.32 Å². The molecule has 1 aliphatic carbocycles. The minimum absolute atomic E-state index is 0.0818. The van der Waals surface area contributed by atoms with Gasteiger partial charge >= 0.3 is 5.97 Å². The maximum absolute atomic E-state index is 12.0. The van der Waals surface area contributed by atoms with E-state index in [4.69, 9.17) is 5.11 Å². The molecule has 1 aliphatic rings. The zero-order chi connectivity index (χ0) is 15.6. The quantitative estimate of drug-likeness (QED) is 0.625. The predicted molar refractivity (Wildman–Crippen MR) is 72.9 cm³/mol. The van der Waals surface area contributed by atoms with Gasteiger partial charge in [-0.25, -0.2) is 0 Å². The molecule has 8 heteroatoms. The third-order valence-corrected chi connectivity index (χ3v) is 3.94. The lowest BCUT2D eigenvalue weighted by Crippen LogP contribution is -2.33. The first kappa shape index (κ1) is 15.0. The fourth-order valence-corrected chi connectivity index (χ4v) is 2.79.